The fraction of sp³-hybridized carbons (Fsp3) is 0.778. The largest absolute Gasteiger partial charge is 0.480 e. The van der Waals surface area contributed by atoms with Crippen molar-refractivity contribution in [2.24, 2.45) is 0 Å². The smallest absolute Gasteiger partial charge is 0.321 e. The van der Waals surface area contributed by atoms with Crippen molar-refractivity contribution in [2.75, 3.05) is 19.0 Å². The number of aliphatic hydroxyl groups is 1. The van der Waals surface area contributed by atoms with Gasteiger partial charge in [-0.05, 0) is 13.3 Å². The number of nitrogens with one attached hydrogen (secondary N) is 1. The molecule has 1 atom stereocenters. The van der Waals surface area contributed by atoms with Crippen LogP contribution in [0, 0.1) is 0 Å². The van der Waals surface area contributed by atoms with Crippen molar-refractivity contribution < 1.29 is 33.0 Å². The first-order valence-electron chi connectivity index (χ1n) is 5.31. The number of aliphatic carboxylic acids is 1. The SMILES string of the molecule is CCOC(=O)CCS(=O)(=O)N[C@@H](CCO)C(=O)O. The average molecular weight is 283 g/mol. The Bertz CT molecular complexity index is 378. The predicted molar refractivity (Wildman–Crippen MR) is 61.3 cm³/mol. The molecule has 0 unspecified atom stereocenters. The van der Waals surface area contributed by atoms with Crippen LogP contribution in [0.25, 0.3) is 0 Å². The molecule has 3 N–H and O–H groups in total. The third-order valence-corrected chi connectivity index (χ3v) is 3.30. The number of hydrogen-bond acceptors (Lipinski definition) is 6. The van der Waals surface area contributed by atoms with Gasteiger partial charge in [0.05, 0.1) is 18.8 Å². The maximum Gasteiger partial charge on any atom is 0.321 e. The Balaban J connectivity index is 4.36. The number of rotatable bonds is 9. The number of carboxylic acids is 1. The van der Waals surface area contributed by atoms with Crippen molar-refractivity contribution in [3.63, 3.8) is 0 Å². The first kappa shape index (κ1) is 16.8. The Morgan fingerprint density at radius 3 is 2.44 bits per heavy atom. The number of carbonyl (C=O) groups excluding carboxylic acids is 1. The highest BCUT2D eigenvalue weighted by atomic mass is 32.2. The summed E-state index contributed by atoms with van der Waals surface area (Å²) in [7, 11) is -3.90. The Morgan fingerprint density at radius 1 is 1.39 bits per heavy atom. The van der Waals surface area contributed by atoms with E-state index in [1.54, 1.807) is 6.92 Å². The highest BCUT2D eigenvalue weighted by molar-refractivity contribution is 7.89. The fourth-order valence-corrected chi connectivity index (χ4v) is 2.29. The first-order valence-corrected chi connectivity index (χ1v) is 6.97. The Labute approximate surface area is 105 Å². The summed E-state index contributed by atoms with van der Waals surface area (Å²) in [6.45, 7) is 1.28. The molecule has 0 bridgehead atoms. The van der Waals surface area contributed by atoms with Crippen LogP contribution in [-0.2, 0) is 24.3 Å². The zero-order valence-electron chi connectivity index (χ0n) is 9.96. The van der Waals surface area contributed by atoms with Gasteiger partial charge >= 0.3 is 11.9 Å². The quantitative estimate of drug-likeness (QED) is 0.448. The maximum absolute atomic E-state index is 11.5. The van der Waals surface area contributed by atoms with Gasteiger partial charge in [0.15, 0.2) is 0 Å². The monoisotopic (exact) mass is 283 g/mol. The van der Waals surface area contributed by atoms with Crippen molar-refractivity contribution in [2.45, 2.75) is 25.8 Å². The topological polar surface area (TPSA) is 130 Å². The highest BCUT2D eigenvalue weighted by Gasteiger charge is 2.24. The lowest BCUT2D eigenvalue weighted by atomic mass is 10.2. The van der Waals surface area contributed by atoms with E-state index in [0.717, 1.165) is 0 Å². The molecule has 106 valence electrons. The summed E-state index contributed by atoms with van der Waals surface area (Å²) in [5.74, 6) is -2.61. The van der Waals surface area contributed by atoms with Crippen molar-refractivity contribution in [3.05, 3.63) is 0 Å². The molecule has 0 amide bonds. The molecule has 0 radical (unpaired) electrons. The van der Waals surface area contributed by atoms with Crippen LogP contribution in [0.3, 0.4) is 0 Å². The zero-order valence-corrected chi connectivity index (χ0v) is 10.8. The summed E-state index contributed by atoms with van der Waals surface area (Å²) in [6, 6.07) is -1.40. The number of aliphatic hydroxyl groups excluding tert-OH is 1. The third kappa shape index (κ3) is 7.20. The Hall–Kier alpha value is -1.19. The van der Waals surface area contributed by atoms with Crippen LogP contribution < -0.4 is 4.72 Å². The Kier molecular flexibility index (Phi) is 7.48. The molecule has 0 aromatic heterocycles. The van der Waals surface area contributed by atoms with Gasteiger partial charge in [-0.1, -0.05) is 0 Å². The molecule has 0 rings (SSSR count). The minimum Gasteiger partial charge on any atom is -0.480 e. The lowest BCUT2D eigenvalue weighted by Gasteiger charge is -2.13. The normalized spacial score (nSPS) is 13.0. The van der Waals surface area contributed by atoms with Crippen LogP contribution >= 0.6 is 0 Å². The minimum absolute atomic E-state index is 0.147. The summed E-state index contributed by atoms with van der Waals surface area (Å²) in [5.41, 5.74) is 0. The van der Waals surface area contributed by atoms with Crippen LogP contribution in [-0.4, -0.2) is 55.6 Å². The number of esters is 1. The van der Waals surface area contributed by atoms with E-state index in [0.29, 0.717) is 0 Å². The summed E-state index contributed by atoms with van der Waals surface area (Å²) in [5, 5.41) is 17.3. The maximum atomic E-state index is 11.5. The third-order valence-electron chi connectivity index (χ3n) is 1.92. The highest BCUT2D eigenvalue weighted by Crippen LogP contribution is 1.99. The van der Waals surface area contributed by atoms with E-state index < -0.39 is 40.4 Å². The van der Waals surface area contributed by atoms with Crippen LogP contribution in [0.1, 0.15) is 19.8 Å². The van der Waals surface area contributed by atoms with Gasteiger partial charge in [-0.15, -0.1) is 0 Å². The molecule has 0 aliphatic heterocycles. The molecule has 0 fully saturated rings. The van der Waals surface area contributed by atoms with Gasteiger partial charge in [0.2, 0.25) is 10.0 Å². The molecule has 0 aliphatic carbocycles. The van der Waals surface area contributed by atoms with E-state index >= 15 is 0 Å². The van der Waals surface area contributed by atoms with Crippen molar-refractivity contribution in [1.82, 2.24) is 4.72 Å². The summed E-state index contributed by atoms with van der Waals surface area (Å²) in [4.78, 5) is 21.6. The second kappa shape index (κ2) is 8.01. The van der Waals surface area contributed by atoms with E-state index in [4.69, 9.17) is 10.2 Å². The molecule has 0 aromatic carbocycles. The van der Waals surface area contributed by atoms with E-state index in [1.807, 2.05) is 4.72 Å². The number of ether oxygens (including phenoxy) is 1. The van der Waals surface area contributed by atoms with Gasteiger partial charge in [-0.25, -0.2) is 13.1 Å². The second-order valence-electron chi connectivity index (χ2n) is 3.39. The lowest BCUT2D eigenvalue weighted by Crippen LogP contribution is -2.42. The summed E-state index contributed by atoms with van der Waals surface area (Å²) >= 11 is 0. The second-order valence-corrected chi connectivity index (χ2v) is 5.27. The number of carboxylic acid groups (broad SMARTS) is 1. The van der Waals surface area contributed by atoms with Gasteiger partial charge in [0.25, 0.3) is 0 Å². The fourth-order valence-electron chi connectivity index (χ4n) is 1.09. The zero-order chi connectivity index (χ0) is 14.2. The molecule has 8 nitrogen and oxygen atoms in total. The van der Waals surface area contributed by atoms with Crippen molar-refractivity contribution in [3.8, 4) is 0 Å². The van der Waals surface area contributed by atoms with Gasteiger partial charge in [-0.2, -0.15) is 0 Å². The van der Waals surface area contributed by atoms with Crippen LogP contribution in [0.2, 0.25) is 0 Å². The molecule has 18 heavy (non-hydrogen) atoms. The van der Waals surface area contributed by atoms with Gasteiger partial charge in [0, 0.05) is 6.61 Å². The van der Waals surface area contributed by atoms with Crippen molar-refractivity contribution >= 4 is 22.0 Å². The van der Waals surface area contributed by atoms with Gasteiger partial charge < -0.3 is 14.9 Å². The molecule has 9 heteroatoms. The van der Waals surface area contributed by atoms with Gasteiger partial charge in [-0.3, -0.25) is 9.59 Å². The first-order chi connectivity index (χ1) is 8.32. The van der Waals surface area contributed by atoms with Crippen LogP contribution in [0.5, 0.6) is 0 Å². The summed E-state index contributed by atoms with van der Waals surface area (Å²) in [6.07, 6.45) is -0.595. The average Bonchev–Trinajstić information content (AvgIpc) is 2.26. The minimum atomic E-state index is -3.90. The van der Waals surface area contributed by atoms with Crippen LogP contribution in [0.4, 0.5) is 0 Å². The van der Waals surface area contributed by atoms with Crippen molar-refractivity contribution in [1.29, 1.82) is 0 Å². The Morgan fingerprint density at radius 2 is 2.00 bits per heavy atom. The molecule has 0 aromatic rings. The molecular formula is C9H17NO7S. The van der Waals surface area contributed by atoms with E-state index in [2.05, 4.69) is 4.74 Å². The number of hydrogen-bond donors (Lipinski definition) is 3. The molecule has 0 spiro atoms. The summed E-state index contributed by atoms with van der Waals surface area (Å²) < 4.78 is 29.4. The number of sulfonamides is 1. The molecular weight excluding hydrogens is 266 g/mol. The lowest BCUT2D eigenvalue weighted by molar-refractivity contribution is -0.142. The van der Waals surface area contributed by atoms with Gasteiger partial charge in [0.1, 0.15) is 6.04 Å². The van der Waals surface area contributed by atoms with E-state index in [-0.39, 0.29) is 19.4 Å². The molecule has 0 saturated carbocycles. The van der Waals surface area contributed by atoms with Crippen LogP contribution in [0.15, 0.2) is 0 Å². The molecule has 0 saturated heterocycles. The standard InChI is InChI=1S/C9H17NO7S/c1-2-17-8(12)4-6-18(15,16)10-7(3-5-11)9(13)14/h7,10-11H,2-6H2,1H3,(H,13,14)/t7-/m0/s1. The van der Waals surface area contributed by atoms with E-state index in [1.165, 1.54) is 0 Å². The molecule has 0 aliphatic rings. The van der Waals surface area contributed by atoms with E-state index in [9.17, 15) is 18.0 Å². The number of carbonyl (C=O) groups is 2. The predicted octanol–water partition coefficient (Wildman–Crippen LogP) is -1.31. The molecule has 0 heterocycles.